The van der Waals surface area contributed by atoms with E-state index in [9.17, 15) is 43.2 Å². The zero-order valence-corrected chi connectivity index (χ0v) is 58.4. The van der Waals surface area contributed by atoms with Gasteiger partial charge in [0.1, 0.15) is 18.8 Å². The predicted molar refractivity (Wildman–Crippen MR) is 350 cm³/mol. The largest absolute Gasteiger partial charge is 0.464 e. The molecule has 0 aromatic rings. The molecule has 566 valence electrons. The molecule has 0 heterocycles. The molecule has 0 aromatic heterocycles. The van der Waals surface area contributed by atoms with Crippen LogP contribution in [0, 0.1) is 0 Å². The van der Waals surface area contributed by atoms with Crippen LogP contribution in [0.3, 0.4) is 0 Å². The van der Waals surface area contributed by atoms with E-state index in [1.807, 2.05) is 0 Å². The van der Waals surface area contributed by atoms with Crippen molar-refractivity contribution in [3.63, 3.8) is 0 Å². The maximum Gasteiger partial charge on any atom is 0.293 e. The highest BCUT2D eigenvalue weighted by atomic mass is 32.2. The summed E-state index contributed by atoms with van der Waals surface area (Å²) in [7, 11) is 6.31. The second-order valence-electron chi connectivity index (χ2n) is 20.5. The molecule has 7 amide bonds. The van der Waals surface area contributed by atoms with E-state index in [1.165, 1.54) is 4.90 Å². The number of ether oxygens (including phenoxy) is 18. The zero-order chi connectivity index (χ0) is 71.1. The van der Waals surface area contributed by atoms with Gasteiger partial charge in [-0.25, -0.2) is 0 Å². The van der Waals surface area contributed by atoms with Crippen molar-refractivity contribution in [1.29, 1.82) is 0 Å². The third-order valence-corrected chi connectivity index (χ3v) is 14.0. The molecule has 0 aromatic carbocycles. The van der Waals surface area contributed by atoms with Crippen LogP contribution in [-0.4, -0.2) is 366 Å². The molecular weight excluding hydrogens is 1310 g/mol. The van der Waals surface area contributed by atoms with E-state index in [0.717, 1.165) is 16.7 Å². The highest BCUT2D eigenvalue weighted by Crippen LogP contribution is 2.11. The Labute approximate surface area is 575 Å². The topological polar surface area (TPSA) is 412 Å². The van der Waals surface area contributed by atoms with Gasteiger partial charge < -0.3 is 127 Å². The van der Waals surface area contributed by atoms with Crippen molar-refractivity contribution in [2.24, 2.45) is 5.73 Å². The number of amides is 7. The van der Waals surface area contributed by atoms with E-state index in [0.29, 0.717) is 126 Å². The third kappa shape index (κ3) is 60.6. The molecule has 0 aliphatic heterocycles. The Hall–Kier alpha value is -5.10. The maximum absolute atomic E-state index is 14.8. The number of carbonyl (C=O) groups excluding carboxylic acids is 9. The molecule has 7 N–H and O–H groups in total. The summed E-state index contributed by atoms with van der Waals surface area (Å²) in [5.41, 5.74) is 6.34. The van der Waals surface area contributed by atoms with Crippen LogP contribution < -0.4 is 32.3 Å². The molecule has 36 heteroatoms. The summed E-state index contributed by atoms with van der Waals surface area (Å²) in [5.74, 6) is -3.90. The summed E-state index contributed by atoms with van der Waals surface area (Å²) in [6.07, 6.45) is -0.951. The van der Waals surface area contributed by atoms with Gasteiger partial charge in [-0.15, -0.1) is 0 Å². The van der Waals surface area contributed by atoms with Gasteiger partial charge >= 0.3 is 0 Å². The van der Waals surface area contributed by atoms with Gasteiger partial charge in [0, 0.05) is 98.5 Å². The normalized spacial score (nSPS) is 12.1. The molecule has 0 rings (SSSR count). The third-order valence-electron chi connectivity index (χ3n) is 12.8. The van der Waals surface area contributed by atoms with Crippen molar-refractivity contribution in [2.45, 2.75) is 56.7 Å². The molecule has 0 fully saturated rings. The molecule has 97 heavy (non-hydrogen) atoms. The van der Waals surface area contributed by atoms with Crippen molar-refractivity contribution in [3.05, 3.63) is 0 Å². The number of methoxy groups -OCH3 is 4. The Morgan fingerprint density at radius 2 is 0.763 bits per heavy atom. The first-order valence-electron chi connectivity index (χ1n) is 32.7. The standard InChI is InChI=1S/C61H114N8O27S/c1-79-21-25-87-37-41-91-33-29-83-17-13-65-55(72)7-5-11-63-57(74)45-68(15-19-85-31-35-93-43-39-89-27-23-81-3)59(76)10-9-54(67-60(77)53(62)49-97-48-52(96-51-71)47-95-50-70)61(78)69(16-20-86-32-36-94-44-40-90-28-24-82-4)46-58(75)64-12-6-8-56(73)66-14-18-84-30-34-92-42-38-88-26-22-80-2/h50-54H,5-49,62H2,1-4H3,(H,63,74)(H,64,75)(H,65,72)(H,66,73)(H,67,77). The molecule has 0 radical (unpaired) electrons. The van der Waals surface area contributed by atoms with Crippen LogP contribution >= 0.6 is 11.8 Å². The smallest absolute Gasteiger partial charge is 0.293 e. The van der Waals surface area contributed by atoms with Gasteiger partial charge in [0.05, 0.1) is 204 Å². The van der Waals surface area contributed by atoms with Gasteiger partial charge in [0.15, 0.2) is 0 Å². The van der Waals surface area contributed by atoms with Crippen LogP contribution in [0.2, 0.25) is 0 Å². The number of carbonyl (C=O) groups is 9. The first-order valence-corrected chi connectivity index (χ1v) is 33.8. The second kappa shape index (κ2) is 70.8. The van der Waals surface area contributed by atoms with Crippen molar-refractivity contribution >= 4 is 66.1 Å². The monoisotopic (exact) mass is 1420 g/mol. The fourth-order valence-electron chi connectivity index (χ4n) is 7.70. The van der Waals surface area contributed by atoms with Gasteiger partial charge in [0.2, 0.25) is 41.4 Å². The Kier molecular flexibility index (Phi) is 67.0. The molecule has 0 saturated carbocycles. The predicted octanol–water partition coefficient (Wildman–Crippen LogP) is -3.51. The van der Waals surface area contributed by atoms with Gasteiger partial charge in [-0.1, -0.05) is 0 Å². The highest BCUT2D eigenvalue weighted by molar-refractivity contribution is 7.99. The van der Waals surface area contributed by atoms with E-state index in [1.54, 1.807) is 28.4 Å². The Balaban J connectivity index is 6.27. The number of hydrogen-bond acceptors (Lipinski definition) is 29. The lowest BCUT2D eigenvalue weighted by Gasteiger charge is -2.29. The average molecular weight is 1420 g/mol. The van der Waals surface area contributed by atoms with Gasteiger partial charge in [-0.05, 0) is 19.3 Å². The summed E-state index contributed by atoms with van der Waals surface area (Å²) in [6.45, 7) is 8.46. The number of hydrogen-bond donors (Lipinski definition) is 6. The SMILES string of the molecule is COCCOCCOCCOCCNC(=O)CCCNC(=O)CN(CCOCCOCCOCCOC)C(=O)CCC(NC(=O)C(N)CSCC(COC=O)OC=O)C(=O)N(CCOCCOCCOCCOC)CC(=O)NCCCC(=O)NCCOCCOCCOCCOC. The fraction of sp³-hybridized carbons (Fsp3) is 0.852. The Morgan fingerprint density at radius 3 is 1.14 bits per heavy atom. The van der Waals surface area contributed by atoms with Crippen LogP contribution in [0.25, 0.3) is 0 Å². The molecule has 0 saturated heterocycles. The molecule has 3 unspecified atom stereocenters. The number of rotatable bonds is 75. The minimum absolute atomic E-state index is 0.0283. The molecule has 0 spiro atoms. The molecule has 0 aliphatic rings. The summed E-state index contributed by atoms with van der Waals surface area (Å²) < 4.78 is 95.6. The summed E-state index contributed by atoms with van der Waals surface area (Å²) >= 11 is 1.09. The number of thioether (sulfide) groups is 1. The van der Waals surface area contributed by atoms with Crippen LogP contribution in [0.15, 0.2) is 0 Å². The summed E-state index contributed by atoms with van der Waals surface area (Å²) in [5, 5.41) is 13.7. The first-order chi connectivity index (χ1) is 47.4. The molecule has 0 aliphatic carbocycles. The van der Waals surface area contributed by atoms with Gasteiger partial charge in [0.25, 0.3) is 12.9 Å². The van der Waals surface area contributed by atoms with Gasteiger partial charge in [-0.3, -0.25) is 43.2 Å². The minimum Gasteiger partial charge on any atom is -0.464 e. The van der Waals surface area contributed by atoms with E-state index in [2.05, 4.69) is 26.6 Å². The van der Waals surface area contributed by atoms with E-state index >= 15 is 0 Å². The van der Waals surface area contributed by atoms with Crippen LogP contribution in [0.5, 0.6) is 0 Å². The quantitative estimate of drug-likeness (QED) is 0.0254. The van der Waals surface area contributed by atoms with E-state index in [4.69, 9.17) is 91.0 Å². The van der Waals surface area contributed by atoms with Crippen LogP contribution in [0.1, 0.15) is 38.5 Å². The molecule has 35 nitrogen and oxygen atoms in total. The summed E-state index contributed by atoms with van der Waals surface area (Å²) in [4.78, 5) is 120. The zero-order valence-electron chi connectivity index (χ0n) is 57.6. The fourth-order valence-corrected chi connectivity index (χ4v) is 8.67. The number of nitrogens with two attached hydrogens (primary N) is 1. The molecule has 3 atom stereocenters. The van der Waals surface area contributed by atoms with E-state index < -0.39 is 67.2 Å². The highest BCUT2D eigenvalue weighted by Gasteiger charge is 2.31. The van der Waals surface area contributed by atoms with Crippen LogP contribution in [-0.2, 0) is 128 Å². The first kappa shape index (κ1) is 91.9. The van der Waals surface area contributed by atoms with Crippen LogP contribution in [0.4, 0.5) is 0 Å². The lowest BCUT2D eigenvalue weighted by Crippen LogP contribution is -2.55. The Morgan fingerprint density at radius 1 is 0.412 bits per heavy atom. The van der Waals surface area contributed by atoms with Crippen molar-refractivity contribution in [1.82, 2.24) is 36.4 Å². The average Bonchev–Trinajstić information content (AvgIpc) is 1.01. The molecule has 0 bridgehead atoms. The van der Waals surface area contributed by atoms with Crippen molar-refractivity contribution in [3.8, 4) is 0 Å². The van der Waals surface area contributed by atoms with Gasteiger partial charge in [-0.2, -0.15) is 11.8 Å². The minimum atomic E-state index is -1.49. The van der Waals surface area contributed by atoms with Crippen molar-refractivity contribution < 1.29 is 128 Å². The Bertz CT molecular complexity index is 1950. The van der Waals surface area contributed by atoms with E-state index in [-0.39, 0.29) is 174 Å². The summed E-state index contributed by atoms with van der Waals surface area (Å²) in [6, 6.07) is -2.77. The van der Waals surface area contributed by atoms with Crippen molar-refractivity contribution in [2.75, 3.05) is 284 Å². The second-order valence-corrected chi connectivity index (χ2v) is 21.6. The number of nitrogens with one attached hydrogen (secondary N) is 5. The lowest BCUT2D eigenvalue weighted by atomic mass is 10.1. The molecular formula is C61H114N8O27S. The maximum atomic E-state index is 14.8. The lowest BCUT2D eigenvalue weighted by molar-refractivity contribution is -0.141. The number of nitrogens with zero attached hydrogens (tertiary/aromatic N) is 2.